The fourth-order valence-corrected chi connectivity index (χ4v) is 1.91. The molecule has 5 heteroatoms. The molecule has 1 rings (SSSR count). The highest BCUT2D eigenvalue weighted by Crippen LogP contribution is 2.12. The Bertz CT molecular complexity index is 203. The van der Waals surface area contributed by atoms with Crippen LogP contribution in [0.1, 0.15) is 19.8 Å². The molecule has 0 aromatic rings. The minimum absolute atomic E-state index is 0.0289. The first kappa shape index (κ1) is 13.4. The SMILES string of the molecule is CC(=O)NCCN1CCC(OCCO)CC1. The second-order valence-electron chi connectivity index (χ2n) is 4.12. The van der Waals surface area contributed by atoms with Crippen LogP contribution >= 0.6 is 0 Å². The Balaban J connectivity index is 2.05. The van der Waals surface area contributed by atoms with Crippen LogP contribution in [-0.4, -0.2) is 61.4 Å². The quantitative estimate of drug-likeness (QED) is 0.651. The summed E-state index contributed by atoms with van der Waals surface area (Å²) < 4.78 is 5.48. The van der Waals surface area contributed by atoms with Crippen molar-refractivity contribution in [2.24, 2.45) is 0 Å². The predicted octanol–water partition coefficient (Wildman–Crippen LogP) is -0.404. The summed E-state index contributed by atoms with van der Waals surface area (Å²) in [6.07, 6.45) is 2.32. The smallest absolute Gasteiger partial charge is 0.216 e. The Morgan fingerprint density at radius 1 is 1.50 bits per heavy atom. The summed E-state index contributed by atoms with van der Waals surface area (Å²) in [6.45, 7) is 5.73. The molecule has 0 aliphatic carbocycles. The first-order valence-electron chi connectivity index (χ1n) is 5.91. The Hall–Kier alpha value is -0.650. The van der Waals surface area contributed by atoms with E-state index in [1.165, 1.54) is 6.92 Å². The number of ether oxygens (including phenoxy) is 1. The molecule has 0 bridgehead atoms. The average Bonchev–Trinajstić information content (AvgIpc) is 2.27. The van der Waals surface area contributed by atoms with Gasteiger partial charge >= 0.3 is 0 Å². The van der Waals surface area contributed by atoms with Crippen molar-refractivity contribution in [3.05, 3.63) is 0 Å². The van der Waals surface area contributed by atoms with Gasteiger partial charge < -0.3 is 20.1 Å². The van der Waals surface area contributed by atoms with E-state index in [9.17, 15) is 4.79 Å². The topological polar surface area (TPSA) is 61.8 Å². The third-order valence-electron chi connectivity index (χ3n) is 2.78. The summed E-state index contributed by atoms with van der Waals surface area (Å²) in [4.78, 5) is 13.0. The number of aliphatic hydroxyl groups is 1. The first-order chi connectivity index (χ1) is 7.72. The molecule has 5 nitrogen and oxygen atoms in total. The van der Waals surface area contributed by atoms with Crippen LogP contribution in [0.2, 0.25) is 0 Å². The lowest BCUT2D eigenvalue weighted by Gasteiger charge is -2.31. The van der Waals surface area contributed by atoms with Crippen LogP contribution in [0.15, 0.2) is 0 Å². The first-order valence-corrected chi connectivity index (χ1v) is 5.91. The summed E-state index contributed by atoms with van der Waals surface area (Å²) in [5, 5.41) is 11.4. The fourth-order valence-electron chi connectivity index (χ4n) is 1.91. The van der Waals surface area contributed by atoms with Gasteiger partial charge in [-0.05, 0) is 12.8 Å². The van der Waals surface area contributed by atoms with Crippen LogP contribution in [0, 0.1) is 0 Å². The van der Waals surface area contributed by atoms with Crippen LogP contribution in [0.3, 0.4) is 0 Å². The Kier molecular flexibility index (Phi) is 6.37. The van der Waals surface area contributed by atoms with E-state index in [1.54, 1.807) is 0 Å². The molecule has 1 aliphatic heterocycles. The molecule has 0 saturated carbocycles. The largest absolute Gasteiger partial charge is 0.394 e. The molecule has 0 atom stereocenters. The minimum Gasteiger partial charge on any atom is -0.394 e. The van der Waals surface area contributed by atoms with Gasteiger partial charge in [0.05, 0.1) is 19.3 Å². The molecule has 1 aliphatic rings. The number of carbonyl (C=O) groups excluding carboxylic acids is 1. The fraction of sp³-hybridized carbons (Fsp3) is 0.909. The lowest BCUT2D eigenvalue weighted by Crippen LogP contribution is -2.41. The molecule has 94 valence electrons. The molecule has 1 saturated heterocycles. The Morgan fingerprint density at radius 3 is 2.75 bits per heavy atom. The maximum Gasteiger partial charge on any atom is 0.216 e. The van der Waals surface area contributed by atoms with E-state index in [0.29, 0.717) is 12.7 Å². The molecule has 0 aromatic carbocycles. The van der Waals surface area contributed by atoms with Gasteiger partial charge in [-0.1, -0.05) is 0 Å². The van der Waals surface area contributed by atoms with E-state index in [-0.39, 0.29) is 12.5 Å². The van der Waals surface area contributed by atoms with E-state index < -0.39 is 0 Å². The number of likely N-dealkylation sites (tertiary alicyclic amines) is 1. The number of piperidine rings is 1. The zero-order chi connectivity index (χ0) is 11.8. The zero-order valence-corrected chi connectivity index (χ0v) is 9.95. The van der Waals surface area contributed by atoms with Gasteiger partial charge in [0.15, 0.2) is 0 Å². The number of nitrogens with zero attached hydrogens (tertiary/aromatic N) is 1. The number of aliphatic hydroxyl groups excluding tert-OH is 1. The van der Waals surface area contributed by atoms with Crippen molar-refractivity contribution >= 4 is 5.91 Å². The summed E-state index contributed by atoms with van der Waals surface area (Å²) in [6, 6.07) is 0. The van der Waals surface area contributed by atoms with Crippen molar-refractivity contribution in [2.45, 2.75) is 25.9 Å². The maximum absolute atomic E-state index is 10.7. The van der Waals surface area contributed by atoms with E-state index in [4.69, 9.17) is 9.84 Å². The van der Waals surface area contributed by atoms with Crippen molar-refractivity contribution in [1.29, 1.82) is 0 Å². The predicted molar refractivity (Wildman–Crippen MR) is 61.2 cm³/mol. The van der Waals surface area contributed by atoms with Gasteiger partial charge in [0.2, 0.25) is 5.91 Å². The highest BCUT2D eigenvalue weighted by atomic mass is 16.5. The van der Waals surface area contributed by atoms with E-state index in [2.05, 4.69) is 10.2 Å². The standard InChI is InChI=1S/C11H22N2O3/c1-10(15)12-4-7-13-5-2-11(3-6-13)16-9-8-14/h11,14H,2-9H2,1H3,(H,12,15). The summed E-state index contributed by atoms with van der Waals surface area (Å²) in [5.74, 6) is 0.0289. The number of carbonyl (C=O) groups is 1. The van der Waals surface area contributed by atoms with Gasteiger partial charge in [-0.15, -0.1) is 0 Å². The highest BCUT2D eigenvalue weighted by Gasteiger charge is 2.18. The van der Waals surface area contributed by atoms with E-state index in [1.807, 2.05) is 0 Å². The van der Waals surface area contributed by atoms with Gasteiger partial charge in [-0.25, -0.2) is 0 Å². The average molecular weight is 230 g/mol. The molecule has 0 unspecified atom stereocenters. The van der Waals surface area contributed by atoms with Crippen molar-refractivity contribution in [1.82, 2.24) is 10.2 Å². The van der Waals surface area contributed by atoms with Gasteiger partial charge in [0.1, 0.15) is 0 Å². The third-order valence-corrected chi connectivity index (χ3v) is 2.78. The van der Waals surface area contributed by atoms with Gasteiger partial charge in [0, 0.05) is 33.1 Å². The minimum atomic E-state index is 0.0289. The normalized spacial score (nSPS) is 18.6. The number of nitrogens with one attached hydrogen (secondary N) is 1. The molecular formula is C11H22N2O3. The lowest BCUT2D eigenvalue weighted by atomic mass is 10.1. The number of hydrogen-bond donors (Lipinski definition) is 2. The van der Waals surface area contributed by atoms with Gasteiger partial charge in [0.25, 0.3) is 0 Å². The third kappa shape index (κ3) is 5.44. The summed E-state index contributed by atoms with van der Waals surface area (Å²) in [7, 11) is 0. The molecule has 16 heavy (non-hydrogen) atoms. The van der Waals surface area contributed by atoms with Crippen molar-refractivity contribution in [3.63, 3.8) is 0 Å². The van der Waals surface area contributed by atoms with E-state index >= 15 is 0 Å². The molecule has 2 N–H and O–H groups in total. The van der Waals surface area contributed by atoms with Crippen molar-refractivity contribution in [3.8, 4) is 0 Å². The molecule has 0 aromatic heterocycles. The van der Waals surface area contributed by atoms with Gasteiger partial charge in [-0.2, -0.15) is 0 Å². The van der Waals surface area contributed by atoms with Crippen molar-refractivity contribution < 1.29 is 14.6 Å². The van der Waals surface area contributed by atoms with Crippen LogP contribution in [0.5, 0.6) is 0 Å². The van der Waals surface area contributed by atoms with Crippen molar-refractivity contribution in [2.75, 3.05) is 39.4 Å². The number of hydrogen-bond acceptors (Lipinski definition) is 4. The summed E-state index contributed by atoms with van der Waals surface area (Å²) in [5.41, 5.74) is 0. The molecular weight excluding hydrogens is 208 g/mol. The van der Waals surface area contributed by atoms with Gasteiger partial charge in [-0.3, -0.25) is 4.79 Å². The lowest BCUT2D eigenvalue weighted by molar-refractivity contribution is -0.119. The monoisotopic (exact) mass is 230 g/mol. The molecule has 0 radical (unpaired) electrons. The molecule has 0 spiro atoms. The Morgan fingerprint density at radius 2 is 2.19 bits per heavy atom. The maximum atomic E-state index is 10.7. The van der Waals surface area contributed by atoms with Crippen LogP contribution in [0.4, 0.5) is 0 Å². The summed E-state index contributed by atoms with van der Waals surface area (Å²) >= 11 is 0. The number of rotatable bonds is 6. The highest BCUT2D eigenvalue weighted by molar-refractivity contribution is 5.72. The zero-order valence-electron chi connectivity index (χ0n) is 9.95. The van der Waals surface area contributed by atoms with Crippen LogP contribution in [0.25, 0.3) is 0 Å². The molecule has 1 fully saturated rings. The molecule has 1 heterocycles. The second-order valence-corrected chi connectivity index (χ2v) is 4.12. The second kappa shape index (κ2) is 7.60. The van der Waals surface area contributed by atoms with E-state index in [0.717, 1.165) is 39.0 Å². The number of amides is 1. The van der Waals surface area contributed by atoms with Crippen LogP contribution < -0.4 is 5.32 Å². The molecule has 1 amide bonds. The Labute approximate surface area is 96.8 Å². The van der Waals surface area contributed by atoms with Crippen LogP contribution in [-0.2, 0) is 9.53 Å².